The molecule has 0 saturated heterocycles. The monoisotopic (exact) mass is 320 g/mol. The summed E-state index contributed by atoms with van der Waals surface area (Å²) >= 11 is 6.25. The standard InChI is InChI=1S/C18H13ClN4/c1-11-6-5-9-13-14(11)15(12-7-3-2-4-8-12)23-16-17(19)20-10-21-18(16)22-13/h2-10H,1H3,(H,20,21,22). The van der Waals surface area contributed by atoms with Crippen LogP contribution >= 0.6 is 11.6 Å². The Hall–Kier alpha value is -2.72. The van der Waals surface area contributed by atoms with Gasteiger partial charge < -0.3 is 5.32 Å². The maximum Gasteiger partial charge on any atom is 0.161 e. The lowest BCUT2D eigenvalue weighted by molar-refractivity contribution is 1.16. The van der Waals surface area contributed by atoms with Gasteiger partial charge in [-0.25, -0.2) is 15.0 Å². The van der Waals surface area contributed by atoms with E-state index in [1.807, 2.05) is 42.5 Å². The Bertz CT molecular complexity index is 920. The topological polar surface area (TPSA) is 50.2 Å². The summed E-state index contributed by atoms with van der Waals surface area (Å²) in [6, 6.07) is 16.2. The van der Waals surface area contributed by atoms with Gasteiger partial charge in [0, 0.05) is 16.8 Å². The summed E-state index contributed by atoms with van der Waals surface area (Å²) in [4.78, 5) is 13.1. The Morgan fingerprint density at radius 1 is 0.957 bits per heavy atom. The van der Waals surface area contributed by atoms with Crippen LogP contribution in [0.4, 0.5) is 17.2 Å². The molecular weight excluding hydrogens is 308 g/mol. The van der Waals surface area contributed by atoms with Crippen molar-refractivity contribution in [3.05, 3.63) is 76.7 Å². The number of benzene rings is 2. The number of nitrogens with zero attached hydrogens (tertiary/aromatic N) is 3. The van der Waals surface area contributed by atoms with Gasteiger partial charge in [-0.15, -0.1) is 0 Å². The molecule has 1 aromatic heterocycles. The lowest BCUT2D eigenvalue weighted by atomic mass is 9.96. The Labute approximate surface area is 138 Å². The smallest absolute Gasteiger partial charge is 0.161 e. The van der Waals surface area contributed by atoms with Crippen molar-refractivity contribution in [2.24, 2.45) is 4.99 Å². The molecule has 1 aliphatic rings. The molecule has 4 rings (SSSR count). The quantitative estimate of drug-likeness (QED) is 0.519. The second kappa shape index (κ2) is 5.48. The van der Waals surface area contributed by atoms with E-state index in [2.05, 4.69) is 28.3 Å². The van der Waals surface area contributed by atoms with E-state index in [-0.39, 0.29) is 0 Å². The van der Waals surface area contributed by atoms with Gasteiger partial charge in [-0.3, -0.25) is 0 Å². The molecule has 3 aromatic rings. The molecule has 1 aliphatic heterocycles. The molecule has 2 aromatic carbocycles. The molecule has 112 valence electrons. The zero-order valence-corrected chi connectivity index (χ0v) is 13.2. The normalized spacial score (nSPS) is 12.5. The molecule has 1 N–H and O–H groups in total. The van der Waals surface area contributed by atoms with E-state index in [9.17, 15) is 0 Å². The van der Waals surface area contributed by atoms with Gasteiger partial charge in [-0.1, -0.05) is 54.1 Å². The third kappa shape index (κ3) is 2.37. The van der Waals surface area contributed by atoms with Gasteiger partial charge in [0.05, 0.1) is 5.71 Å². The molecule has 0 atom stereocenters. The highest BCUT2D eigenvalue weighted by atomic mass is 35.5. The summed E-state index contributed by atoms with van der Waals surface area (Å²) in [5.74, 6) is 0.614. The van der Waals surface area contributed by atoms with E-state index in [1.165, 1.54) is 6.33 Å². The van der Waals surface area contributed by atoms with Crippen LogP contribution in [-0.4, -0.2) is 15.7 Å². The van der Waals surface area contributed by atoms with Gasteiger partial charge in [-0.2, -0.15) is 0 Å². The molecule has 0 bridgehead atoms. The molecule has 0 saturated carbocycles. The van der Waals surface area contributed by atoms with Crippen LogP contribution in [0.25, 0.3) is 0 Å². The molecular formula is C18H13ClN4. The molecule has 4 nitrogen and oxygen atoms in total. The minimum absolute atomic E-state index is 0.335. The number of fused-ring (bicyclic) bond motifs is 2. The second-order valence-corrected chi connectivity index (χ2v) is 5.67. The molecule has 5 heteroatoms. The van der Waals surface area contributed by atoms with Crippen molar-refractivity contribution in [3.8, 4) is 0 Å². The van der Waals surface area contributed by atoms with E-state index in [4.69, 9.17) is 16.6 Å². The number of aryl methyl sites for hydroxylation is 1. The van der Waals surface area contributed by atoms with Crippen LogP contribution in [0.1, 0.15) is 16.7 Å². The lowest BCUT2D eigenvalue weighted by Crippen LogP contribution is -2.07. The number of hydrogen-bond acceptors (Lipinski definition) is 4. The molecule has 2 heterocycles. The number of rotatable bonds is 1. The van der Waals surface area contributed by atoms with Gasteiger partial charge in [0.15, 0.2) is 11.0 Å². The first-order valence-electron chi connectivity index (χ1n) is 7.25. The van der Waals surface area contributed by atoms with Crippen LogP contribution in [0.5, 0.6) is 0 Å². The fourth-order valence-electron chi connectivity index (χ4n) is 2.73. The van der Waals surface area contributed by atoms with Crippen molar-refractivity contribution >= 4 is 34.5 Å². The highest BCUT2D eigenvalue weighted by Crippen LogP contribution is 2.38. The average molecular weight is 321 g/mol. The summed E-state index contributed by atoms with van der Waals surface area (Å²) < 4.78 is 0. The molecule has 0 fully saturated rings. The van der Waals surface area contributed by atoms with E-state index in [0.29, 0.717) is 16.7 Å². The van der Waals surface area contributed by atoms with Crippen molar-refractivity contribution in [2.75, 3.05) is 5.32 Å². The first-order chi connectivity index (χ1) is 11.2. The van der Waals surface area contributed by atoms with Crippen LogP contribution in [0.2, 0.25) is 5.15 Å². The van der Waals surface area contributed by atoms with E-state index in [1.54, 1.807) is 0 Å². The largest absolute Gasteiger partial charge is 0.338 e. The number of nitrogens with one attached hydrogen (secondary N) is 1. The molecule has 0 aliphatic carbocycles. The minimum atomic E-state index is 0.335. The first-order valence-corrected chi connectivity index (χ1v) is 7.63. The van der Waals surface area contributed by atoms with Gasteiger partial charge in [0.25, 0.3) is 0 Å². The van der Waals surface area contributed by atoms with E-state index >= 15 is 0 Å². The third-order valence-corrected chi connectivity index (χ3v) is 4.09. The SMILES string of the molecule is Cc1cccc2c1C(c1ccccc1)=Nc1c(Cl)ncnc1N2. The zero-order chi connectivity index (χ0) is 15.8. The predicted molar refractivity (Wildman–Crippen MR) is 93.2 cm³/mol. The maximum absolute atomic E-state index is 6.25. The highest BCUT2D eigenvalue weighted by Gasteiger charge is 2.21. The molecule has 0 amide bonds. The number of anilines is 2. The van der Waals surface area contributed by atoms with E-state index in [0.717, 1.165) is 28.1 Å². The van der Waals surface area contributed by atoms with Crippen molar-refractivity contribution in [1.82, 2.24) is 9.97 Å². The molecule has 23 heavy (non-hydrogen) atoms. The summed E-state index contributed by atoms with van der Waals surface area (Å²) in [7, 11) is 0. The van der Waals surface area contributed by atoms with Crippen molar-refractivity contribution < 1.29 is 0 Å². The second-order valence-electron chi connectivity index (χ2n) is 5.31. The van der Waals surface area contributed by atoms with Gasteiger partial charge in [0.1, 0.15) is 12.0 Å². The Kier molecular flexibility index (Phi) is 3.32. The van der Waals surface area contributed by atoms with Gasteiger partial charge in [-0.05, 0) is 18.6 Å². The average Bonchev–Trinajstić information content (AvgIpc) is 2.74. The predicted octanol–water partition coefficient (Wildman–Crippen LogP) is 4.66. The Morgan fingerprint density at radius 2 is 1.78 bits per heavy atom. The Balaban J connectivity index is 2.07. The number of aliphatic imine (C=N–C) groups is 1. The first kappa shape index (κ1) is 13.9. The van der Waals surface area contributed by atoms with Crippen LogP contribution in [-0.2, 0) is 0 Å². The van der Waals surface area contributed by atoms with Crippen LogP contribution in [0.15, 0.2) is 59.9 Å². The summed E-state index contributed by atoms with van der Waals surface area (Å²) in [6.45, 7) is 2.07. The van der Waals surface area contributed by atoms with Gasteiger partial charge >= 0.3 is 0 Å². The third-order valence-electron chi connectivity index (χ3n) is 3.81. The maximum atomic E-state index is 6.25. The van der Waals surface area contributed by atoms with Crippen molar-refractivity contribution in [1.29, 1.82) is 0 Å². The number of halogens is 1. The summed E-state index contributed by atoms with van der Waals surface area (Å²) in [5.41, 5.74) is 5.59. The zero-order valence-electron chi connectivity index (χ0n) is 12.4. The molecule has 0 unspecified atom stereocenters. The summed E-state index contributed by atoms with van der Waals surface area (Å²) in [5, 5.41) is 3.67. The Morgan fingerprint density at radius 3 is 2.61 bits per heavy atom. The highest BCUT2D eigenvalue weighted by molar-refractivity contribution is 6.33. The lowest BCUT2D eigenvalue weighted by Gasteiger charge is -2.13. The van der Waals surface area contributed by atoms with Crippen LogP contribution in [0, 0.1) is 6.92 Å². The van der Waals surface area contributed by atoms with Crippen molar-refractivity contribution in [3.63, 3.8) is 0 Å². The number of aromatic nitrogens is 2. The molecule has 0 radical (unpaired) electrons. The van der Waals surface area contributed by atoms with Gasteiger partial charge in [0.2, 0.25) is 0 Å². The fourth-order valence-corrected chi connectivity index (χ4v) is 2.91. The van der Waals surface area contributed by atoms with Crippen LogP contribution in [0.3, 0.4) is 0 Å². The van der Waals surface area contributed by atoms with Crippen molar-refractivity contribution in [2.45, 2.75) is 6.92 Å². The minimum Gasteiger partial charge on any atom is -0.338 e. The van der Waals surface area contributed by atoms with Crippen LogP contribution < -0.4 is 5.32 Å². The summed E-state index contributed by atoms with van der Waals surface area (Å²) in [6.07, 6.45) is 1.44. The molecule has 0 spiro atoms. The van der Waals surface area contributed by atoms with E-state index < -0.39 is 0 Å². The number of hydrogen-bond donors (Lipinski definition) is 1. The fraction of sp³-hybridized carbons (Fsp3) is 0.0556.